The molecule has 1 atom stereocenters. The van der Waals surface area contributed by atoms with Crippen molar-refractivity contribution in [3.63, 3.8) is 0 Å². The van der Waals surface area contributed by atoms with Crippen LogP contribution in [-0.4, -0.2) is 50.7 Å². The van der Waals surface area contributed by atoms with Gasteiger partial charge in [-0.1, -0.05) is 0 Å². The molecule has 1 aliphatic rings. The van der Waals surface area contributed by atoms with Gasteiger partial charge in [-0.05, 0) is 26.0 Å². The number of fused-ring (bicyclic) bond motifs is 2. The van der Waals surface area contributed by atoms with E-state index in [1.165, 1.54) is 6.07 Å². The predicted octanol–water partition coefficient (Wildman–Crippen LogP) is 2.72. The number of imidazole rings is 1. The van der Waals surface area contributed by atoms with Gasteiger partial charge in [0.25, 0.3) is 5.91 Å². The van der Waals surface area contributed by atoms with Crippen molar-refractivity contribution in [1.29, 1.82) is 0 Å². The number of anilines is 2. The first-order valence-corrected chi connectivity index (χ1v) is 10.3. The highest BCUT2D eigenvalue weighted by Gasteiger charge is 2.22. The summed E-state index contributed by atoms with van der Waals surface area (Å²) in [6.07, 6.45) is 5.31. The van der Waals surface area contributed by atoms with E-state index in [2.05, 4.69) is 32.5 Å². The van der Waals surface area contributed by atoms with Crippen molar-refractivity contribution in [2.45, 2.75) is 19.9 Å². The molecule has 8 nitrogen and oxygen atoms in total. The first-order valence-electron chi connectivity index (χ1n) is 10.3. The molecule has 1 aliphatic heterocycles. The molecular formula is C22H24FN7O. The lowest BCUT2D eigenvalue weighted by atomic mass is 10.1. The Kier molecular flexibility index (Phi) is 4.62. The lowest BCUT2D eigenvalue weighted by Gasteiger charge is -2.34. The zero-order chi connectivity index (χ0) is 21.7. The maximum atomic E-state index is 14.4. The topological polar surface area (TPSA) is 79.5 Å². The summed E-state index contributed by atoms with van der Waals surface area (Å²) in [6, 6.07) is 5.44. The number of rotatable bonds is 3. The molecule has 160 valence electrons. The second kappa shape index (κ2) is 7.35. The van der Waals surface area contributed by atoms with Gasteiger partial charge >= 0.3 is 0 Å². The molecule has 1 saturated heterocycles. The normalized spacial score (nSPS) is 16.9. The Morgan fingerprint density at radius 3 is 2.94 bits per heavy atom. The molecule has 9 heteroatoms. The van der Waals surface area contributed by atoms with Gasteiger partial charge in [-0.3, -0.25) is 9.48 Å². The average Bonchev–Trinajstić information content (AvgIpc) is 3.28. The van der Waals surface area contributed by atoms with Crippen LogP contribution in [0, 0.1) is 12.7 Å². The van der Waals surface area contributed by atoms with Gasteiger partial charge in [0, 0.05) is 68.5 Å². The van der Waals surface area contributed by atoms with Gasteiger partial charge in [-0.2, -0.15) is 5.10 Å². The summed E-state index contributed by atoms with van der Waals surface area (Å²) in [4.78, 5) is 19.6. The third-order valence-corrected chi connectivity index (χ3v) is 5.61. The summed E-state index contributed by atoms with van der Waals surface area (Å²) in [5.74, 6) is -0.823. The standard InChI is InChI=1S/C22H24FN7O/c1-13-9-29(7-6-24-13)19-5-4-16(20-17(19)12-28(3)27-20)22(31)26-15-8-18(23)21-25-14(2)10-30(21)11-15/h4-5,8,10-13,24H,6-7,9H2,1-3H3,(H,26,31)/t13-/m1/s1. The molecule has 0 unspecified atom stereocenters. The summed E-state index contributed by atoms with van der Waals surface area (Å²) >= 11 is 0. The van der Waals surface area contributed by atoms with Crippen LogP contribution in [0.2, 0.25) is 0 Å². The van der Waals surface area contributed by atoms with Gasteiger partial charge < -0.3 is 19.9 Å². The van der Waals surface area contributed by atoms with Gasteiger partial charge in [0.15, 0.2) is 11.5 Å². The molecule has 4 heterocycles. The molecule has 0 bridgehead atoms. The molecule has 31 heavy (non-hydrogen) atoms. The number of aryl methyl sites for hydroxylation is 2. The van der Waals surface area contributed by atoms with E-state index in [4.69, 9.17) is 0 Å². The Morgan fingerprint density at radius 1 is 1.29 bits per heavy atom. The number of hydrogen-bond acceptors (Lipinski definition) is 5. The van der Waals surface area contributed by atoms with E-state index in [0.717, 1.165) is 30.7 Å². The van der Waals surface area contributed by atoms with E-state index >= 15 is 0 Å². The number of halogens is 1. The Labute approximate surface area is 178 Å². The number of aromatic nitrogens is 4. The number of hydrogen-bond donors (Lipinski definition) is 2. The first kappa shape index (κ1) is 19.5. The number of nitrogens with one attached hydrogen (secondary N) is 2. The van der Waals surface area contributed by atoms with Gasteiger partial charge in [-0.15, -0.1) is 0 Å². The molecule has 0 saturated carbocycles. The average molecular weight is 421 g/mol. The minimum atomic E-state index is -0.489. The number of nitrogens with zero attached hydrogens (tertiary/aromatic N) is 5. The summed E-state index contributed by atoms with van der Waals surface area (Å²) in [6.45, 7) is 6.64. The number of piperazine rings is 1. The maximum Gasteiger partial charge on any atom is 0.257 e. The van der Waals surface area contributed by atoms with Crippen LogP contribution in [0.3, 0.4) is 0 Å². The van der Waals surface area contributed by atoms with E-state index in [0.29, 0.717) is 28.5 Å². The van der Waals surface area contributed by atoms with Crippen molar-refractivity contribution in [3.05, 3.63) is 53.9 Å². The summed E-state index contributed by atoms with van der Waals surface area (Å²) in [5, 5.41) is 11.7. The van der Waals surface area contributed by atoms with Crippen molar-refractivity contribution in [1.82, 2.24) is 24.5 Å². The minimum absolute atomic E-state index is 0.234. The van der Waals surface area contributed by atoms with E-state index in [1.54, 1.807) is 34.5 Å². The zero-order valence-electron chi connectivity index (χ0n) is 17.7. The number of benzene rings is 1. The van der Waals surface area contributed by atoms with Crippen LogP contribution in [0.25, 0.3) is 16.6 Å². The fraction of sp³-hybridized carbons (Fsp3) is 0.318. The van der Waals surface area contributed by atoms with Crippen molar-refractivity contribution in [2.24, 2.45) is 7.05 Å². The van der Waals surface area contributed by atoms with E-state index in [-0.39, 0.29) is 11.6 Å². The number of pyridine rings is 1. The van der Waals surface area contributed by atoms with Crippen LogP contribution in [0.1, 0.15) is 23.0 Å². The Hall–Kier alpha value is -3.46. The second-order valence-electron chi connectivity index (χ2n) is 8.14. The molecule has 1 amide bonds. The van der Waals surface area contributed by atoms with Gasteiger partial charge in [-0.25, -0.2) is 9.37 Å². The summed E-state index contributed by atoms with van der Waals surface area (Å²) in [7, 11) is 1.84. The van der Waals surface area contributed by atoms with Crippen molar-refractivity contribution < 1.29 is 9.18 Å². The zero-order valence-corrected chi connectivity index (χ0v) is 17.7. The molecule has 1 aromatic carbocycles. The van der Waals surface area contributed by atoms with Gasteiger partial charge in [0.1, 0.15) is 5.52 Å². The number of carbonyl (C=O) groups is 1. The smallest absolute Gasteiger partial charge is 0.257 e. The highest BCUT2D eigenvalue weighted by atomic mass is 19.1. The van der Waals surface area contributed by atoms with E-state index < -0.39 is 5.82 Å². The summed E-state index contributed by atoms with van der Waals surface area (Å²) in [5.41, 5.74) is 3.44. The van der Waals surface area contributed by atoms with Crippen LogP contribution in [0.15, 0.2) is 36.8 Å². The lowest BCUT2D eigenvalue weighted by Crippen LogP contribution is -2.49. The molecule has 0 aliphatic carbocycles. The fourth-order valence-corrected chi connectivity index (χ4v) is 4.26. The van der Waals surface area contributed by atoms with Crippen molar-refractivity contribution >= 4 is 33.8 Å². The Morgan fingerprint density at radius 2 is 2.13 bits per heavy atom. The highest BCUT2D eigenvalue weighted by molar-refractivity contribution is 6.13. The van der Waals surface area contributed by atoms with Crippen molar-refractivity contribution in [3.8, 4) is 0 Å². The van der Waals surface area contributed by atoms with Crippen LogP contribution in [0.5, 0.6) is 0 Å². The molecular weight excluding hydrogens is 397 g/mol. The number of amides is 1. The largest absolute Gasteiger partial charge is 0.368 e. The highest BCUT2D eigenvalue weighted by Crippen LogP contribution is 2.30. The minimum Gasteiger partial charge on any atom is -0.368 e. The fourth-order valence-electron chi connectivity index (χ4n) is 4.26. The molecule has 5 rings (SSSR count). The van der Waals surface area contributed by atoms with Crippen LogP contribution in [-0.2, 0) is 7.05 Å². The van der Waals surface area contributed by atoms with E-state index in [9.17, 15) is 9.18 Å². The third-order valence-electron chi connectivity index (χ3n) is 5.61. The first-order chi connectivity index (χ1) is 14.9. The molecule has 3 aromatic heterocycles. The van der Waals surface area contributed by atoms with E-state index in [1.807, 2.05) is 19.3 Å². The molecule has 0 spiro atoms. The van der Waals surface area contributed by atoms with Gasteiger partial charge in [0.2, 0.25) is 0 Å². The third kappa shape index (κ3) is 3.50. The molecule has 2 N–H and O–H groups in total. The van der Waals surface area contributed by atoms with Crippen LogP contribution in [0.4, 0.5) is 15.8 Å². The van der Waals surface area contributed by atoms with Crippen molar-refractivity contribution in [2.75, 3.05) is 29.9 Å². The second-order valence-corrected chi connectivity index (χ2v) is 8.14. The number of carbonyl (C=O) groups excluding carboxylic acids is 1. The maximum absolute atomic E-state index is 14.4. The molecule has 0 radical (unpaired) electrons. The quantitative estimate of drug-likeness (QED) is 0.532. The van der Waals surface area contributed by atoms with Crippen LogP contribution < -0.4 is 15.5 Å². The Bertz CT molecular complexity index is 1310. The monoisotopic (exact) mass is 421 g/mol. The van der Waals surface area contributed by atoms with Gasteiger partial charge in [0.05, 0.1) is 16.9 Å². The predicted molar refractivity (Wildman–Crippen MR) is 118 cm³/mol. The SMILES string of the molecule is Cc1cn2cc(NC(=O)c3ccc(N4CCN[C@H](C)C4)c4cn(C)nc34)cc(F)c2n1. The Balaban J connectivity index is 1.50. The van der Waals surface area contributed by atoms with Crippen LogP contribution >= 0.6 is 0 Å². The summed E-state index contributed by atoms with van der Waals surface area (Å²) < 4.78 is 17.7. The lowest BCUT2D eigenvalue weighted by molar-refractivity contribution is 0.102. The molecule has 1 fully saturated rings. The molecule has 4 aromatic rings.